The van der Waals surface area contributed by atoms with Crippen molar-refractivity contribution < 1.29 is 13.2 Å². The normalized spacial score (nSPS) is 17.6. The summed E-state index contributed by atoms with van der Waals surface area (Å²) in [5.74, 6) is 0.115. The average molecular weight is 324 g/mol. The van der Waals surface area contributed by atoms with Crippen molar-refractivity contribution in [1.29, 1.82) is 0 Å². The highest BCUT2D eigenvalue weighted by atomic mass is 32.2. The Kier molecular flexibility index (Phi) is 5.24. The second-order valence-electron chi connectivity index (χ2n) is 6.01. The first kappa shape index (κ1) is 17.0. The molecule has 1 aliphatic heterocycles. The standard InChI is InChI=1S/C16H24N2O3S/c1-12-7-8-13(2)15(10-12)22(20,21)17-11-14(3)18-9-5-4-6-16(18)19/h7-8,10,14,17H,4-6,9,11H2,1-3H3/t14-/m1/s1. The molecule has 1 aromatic carbocycles. The van der Waals surface area contributed by atoms with Gasteiger partial charge in [-0.15, -0.1) is 0 Å². The van der Waals surface area contributed by atoms with Gasteiger partial charge in [0.05, 0.1) is 4.90 Å². The van der Waals surface area contributed by atoms with E-state index in [1.807, 2.05) is 26.0 Å². The lowest BCUT2D eigenvalue weighted by molar-refractivity contribution is -0.135. The summed E-state index contributed by atoms with van der Waals surface area (Å²) in [4.78, 5) is 14.0. The molecule has 1 heterocycles. The zero-order valence-corrected chi connectivity index (χ0v) is 14.2. The highest BCUT2D eigenvalue weighted by Gasteiger charge is 2.25. The van der Waals surface area contributed by atoms with Gasteiger partial charge in [-0.1, -0.05) is 12.1 Å². The molecule has 0 unspecified atom stereocenters. The molecule has 0 saturated carbocycles. The number of piperidine rings is 1. The molecule has 1 aliphatic rings. The van der Waals surface area contributed by atoms with Gasteiger partial charge in [-0.3, -0.25) is 4.79 Å². The van der Waals surface area contributed by atoms with Crippen LogP contribution < -0.4 is 4.72 Å². The molecule has 1 fully saturated rings. The maximum absolute atomic E-state index is 12.5. The van der Waals surface area contributed by atoms with Crippen molar-refractivity contribution in [2.75, 3.05) is 13.1 Å². The molecule has 2 rings (SSSR count). The zero-order chi connectivity index (χ0) is 16.3. The van der Waals surface area contributed by atoms with Crippen molar-refractivity contribution in [1.82, 2.24) is 9.62 Å². The van der Waals surface area contributed by atoms with E-state index in [1.54, 1.807) is 17.9 Å². The van der Waals surface area contributed by atoms with Gasteiger partial charge in [0.1, 0.15) is 0 Å². The lowest BCUT2D eigenvalue weighted by atomic mass is 10.1. The fourth-order valence-electron chi connectivity index (χ4n) is 2.71. The van der Waals surface area contributed by atoms with Crippen molar-refractivity contribution in [3.63, 3.8) is 0 Å². The van der Waals surface area contributed by atoms with Crippen LogP contribution in [0.25, 0.3) is 0 Å². The van der Waals surface area contributed by atoms with Gasteiger partial charge in [-0.05, 0) is 50.8 Å². The first-order chi connectivity index (χ1) is 10.3. The topological polar surface area (TPSA) is 66.5 Å². The van der Waals surface area contributed by atoms with E-state index in [0.29, 0.717) is 17.9 Å². The van der Waals surface area contributed by atoms with E-state index in [9.17, 15) is 13.2 Å². The number of amides is 1. The molecular weight excluding hydrogens is 300 g/mol. The van der Waals surface area contributed by atoms with Crippen LogP contribution >= 0.6 is 0 Å². The molecule has 22 heavy (non-hydrogen) atoms. The number of likely N-dealkylation sites (tertiary alicyclic amines) is 1. The Morgan fingerprint density at radius 2 is 2.00 bits per heavy atom. The largest absolute Gasteiger partial charge is 0.339 e. The van der Waals surface area contributed by atoms with Crippen LogP contribution in [0.2, 0.25) is 0 Å². The number of carbonyl (C=O) groups excluding carboxylic acids is 1. The molecule has 1 saturated heterocycles. The van der Waals surface area contributed by atoms with Gasteiger partial charge in [0, 0.05) is 25.6 Å². The predicted octanol–water partition coefficient (Wildman–Crippen LogP) is 1.98. The summed E-state index contributed by atoms with van der Waals surface area (Å²) in [7, 11) is -3.55. The molecular formula is C16H24N2O3S. The number of carbonyl (C=O) groups is 1. The van der Waals surface area contributed by atoms with Crippen LogP contribution in [0.3, 0.4) is 0 Å². The zero-order valence-electron chi connectivity index (χ0n) is 13.4. The first-order valence-corrected chi connectivity index (χ1v) is 9.16. The second-order valence-corrected chi connectivity index (χ2v) is 7.75. The Bertz CT molecular complexity index is 655. The number of aryl methyl sites for hydroxylation is 2. The lowest BCUT2D eigenvalue weighted by Crippen LogP contribution is -2.47. The summed E-state index contributed by atoms with van der Waals surface area (Å²) in [5, 5.41) is 0. The smallest absolute Gasteiger partial charge is 0.240 e. The van der Waals surface area contributed by atoms with Gasteiger partial charge in [-0.25, -0.2) is 13.1 Å². The van der Waals surface area contributed by atoms with Crippen LogP contribution in [0.15, 0.2) is 23.1 Å². The third kappa shape index (κ3) is 3.87. The van der Waals surface area contributed by atoms with E-state index < -0.39 is 10.0 Å². The van der Waals surface area contributed by atoms with E-state index in [0.717, 1.165) is 24.0 Å². The molecule has 0 aliphatic carbocycles. The minimum absolute atomic E-state index is 0.115. The minimum atomic E-state index is -3.55. The number of hydrogen-bond acceptors (Lipinski definition) is 3. The van der Waals surface area contributed by atoms with Gasteiger partial charge in [0.25, 0.3) is 0 Å². The van der Waals surface area contributed by atoms with Gasteiger partial charge in [-0.2, -0.15) is 0 Å². The molecule has 0 spiro atoms. The number of sulfonamides is 1. The van der Waals surface area contributed by atoms with Crippen LogP contribution in [0, 0.1) is 13.8 Å². The van der Waals surface area contributed by atoms with E-state index in [-0.39, 0.29) is 18.5 Å². The number of benzene rings is 1. The van der Waals surface area contributed by atoms with Crippen LogP contribution in [0.5, 0.6) is 0 Å². The first-order valence-electron chi connectivity index (χ1n) is 7.67. The fourth-order valence-corrected chi connectivity index (χ4v) is 4.16. The van der Waals surface area contributed by atoms with Crippen LogP contribution in [0.1, 0.15) is 37.3 Å². The molecule has 6 heteroatoms. The van der Waals surface area contributed by atoms with Gasteiger partial charge in [0.2, 0.25) is 15.9 Å². The molecule has 0 radical (unpaired) electrons. The number of rotatable bonds is 5. The van der Waals surface area contributed by atoms with Crippen molar-refractivity contribution in [2.45, 2.75) is 51.0 Å². The molecule has 1 N–H and O–H groups in total. The second kappa shape index (κ2) is 6.79. The van der Waals surface area contributed by atoms with Crippen molar-refractivity contribution >= 4 is 15.9 Å². The molecule has 1 atom stereocenters. The fraction of sp³-hybridized carbons (Fsp3) is 0.562. The summed E-state index contributed by atoms with van der Waals surface area (Å²) in [6.07, 6.45) is 2.48. The van der Waals surface area contributed by atoms with Gasteiger partial charge in [0.15, 0.2) is 0 Å². The quantitative estimate of drug-likeness (QED) is 0.900. The highest BCUT2D eigenvalue weighted by Crippen LogP contribution is 2.17. The molecule has 1 aromatic rings. The highest BCUT2D eigenvalue weighted by molar-refractivity contribution is 7.89. The van der Waals surface area contributed by atoms with Crippen LogP contribution in [-0.2, 0) is 14.8 Å². The Hall–Kier alpha value is -1.40. The minimum Gasteiger partial charge on any atom is -0.339 e. The Morgan fingerprint density at radius 1 is 1.27 bits per heavy atom. The molecule has 0 bridgehead atoms. The van der Waals surface area contributed by atoms with E-state index in [1.165, 1.54) is 0 Å². The number of hydrogen-bond donors (Lipinski definition) is 1. The summed E-state index contributed by atoms with van der Waals surface area (Å²) < 4.78 is 27.6. The van der Waals surface area contributed by atoms with Crippen molar-refractivity contribution in [3.05, 3.63) is 29.3 Å². The molecule has 5 nitrogen and oxygen atoms in total. The summed E-state index contributed by atoms with van der Waals surface area (Å²) >= 11 is 0. The maximum atomic E-state index is 12.5. The molecule has 0 aromatic heterocycles. The Labute approximate surface area is 132 Å². The summed E-state index contributed by atoms with van der Waals surface area (Å²) in [5.41, 5.74) is 1.63. The van der Waals surface area contributed by atoms with Crippen LogP contribution in [0.4, 0.5) is 0 Å². The van der Waals surface area contributed by atoms with E-state index in [4.69, 9.17) is 0 Å². The summed E-state index contributed by atoms with van der Waals surface area (Å²) in [6, 6.07) is 5.24. The van der Waals surface area contributed by atoms with E-state index >= 15 is 0 Å². The average Bonchev–Trinajstić information content (AvgIpc) is 2.48. The third-order valence-corrected chi connectivity index (χ3v) is 5.66. The number of nitrogens with one attached hydrogen (secondary N) is 1. The number of nitrogens with zero attached hydrogens (tertiary/aromatic N) is 1. The summed E-state index contributed by atoms with van der Waals surface area (Å²) in [6.45, 7) is 6.49. The maximum Gasteiger partial charge on any atom is 0.240 e. The Morgan fingerprint density at radius 3 is 2.68 bits per heavy atom. The van der Waals surface area contributed by atoms with E-state index in [2.05, 4.69) is 4.72 Å². The van der Waals surface area contributed by atoms with Gasteiger partial charge >= 0.3 is 0 Å². The SMILES string of the molecule is Cc1ccc(C)c(S(=O)(=O)NC[C@@H](C)N2CCCCC2=O)c1. The van der Waals surface area contributed by atoms with Crippen molar-refractivity contribution in [3.8, 4) is 0 Å². The molecule has 122 valence electrons. The van der Waals surface area contributed by atoms with Crippen LogP contribution in [-0.4, -0.2) is 38.4 Å². The molecule has 1 amide bonds. The Balaban J connectivity index is 2.06. The monoisotopic (exact) mass is 324 g/mol. The third-order valence-electron chi connectivity index (χ3n) is 4.09. The van der Waals surface area contributed by atoms with Gasteiger partial charge < -0.3 is 4.90 Å². The van der Waals surface area contributed by atoms with Crippen molar-refractivity contribution in [2.24, 2.45) is 0 Å². The predicted molar refractivity (Wildman–Crippen MR) is 86.1 cm³/mol. The lowest BCUT2D eigenvalue weighted by Gasteiger charge is -2.32.